The lowest BCUT2D eigenvalue weighted by molar-refractivity contribution is -0.115. The molecule has 120 valence electrons. The third-order valence-corrected chi connectivity index (χ3v) is 4.20. The molecule has 4 nitrogen and oxygen atoms in total. The fourth-order valence-electron chi connectivity index (χ4n) is 3.04. The second kappa shape index (κ2) is 7.18. The highest BCUT2D eigenvalue weighted by atomic mass is 16.1. The third kappa shape index (κ3) is 4.03. The summed E-state index contributed by atoms with van der Waals surface area (Å²) < 4.78 is 0. The average Bonchev–Trinajstić information content (AvgIpc) is 2.56. The molecule has 0 radical (unpaired) electrons. The maximum Gasteiger partial charge on any atom is 0.228 e. The van der Waals surface area contributed by atoms with Crippen molar-refractivity contribution in [3.63, 3.8) is 0 Å². The minimum absolute atomic E-state index is 0.0138. The summed E-state index contributed by atoms with van der Waals surface area (Å²) in [5.74, 6) is -0.0138. The largest absolute Gasteiger partial charge is 0.399 e. The first kappa shape index (κ1) is 15.4. The van der Waals surface area contributed by atoms with Gasteiger partial charge in [0, 0.05) is 18.8 Å². The van der Waals surface area contributed by atoms with Crippen LogP contribution in [0.1, 0.15) is 24.8 Å². The number of carbonyl (C=O) groups excluding carboxylic acids is 1. The molecule has 0 spiro atoms. The van der Waals surface area contributed by atoms with Crippen LogP contribution in [0.4, 0.5) is 17.1 Å². The van der Waals surface area contributed by atoms with Crippen molar-refractivity contribution in [1.29, 1.82) is 0 Å². The fourth-order valence-corrected chi connectivity index (χ4v) is 3.04. The number of benzene rings is 2. The van der Waals surface area contributed by atoms with E-state index in [1.54, 1.807) is 0 Å². The SMILES string of the molecule is Nc1ccc(N2CCCCC2)c(NC(=O)Cc2ccccc2)c1. The number of amides is 1. The van der Waals surface area contributed by atoms with Gasteiger partial charge in [-0.05, 0) is 43.0 Å². The van der Waals surface area contributed by atoms with E-state index in [1.807, 2.05) is 48.5 Å². The molecule has 1 fully saturated rings. The van der Waals surface area contributed by atoms with Gasteiger partial charge in [0.25, 0.3) is 0 Å². The molecule has 1 saturated heterocycles. The fraction of sp³-hybridized carbons (Fsp3) is 0.316. The Morgan fingerprint density at radius 2 is 1.78 bits per heavy atom. The molecule has 1 heterocycles. The predicted octanol–water partition coefficient (Wildman–Crippen LogP) is 3.44. The van der Waals surface area contributed by atoms with Crippen molar-refractivity contribution in [3.05, 3.63) is 54.1 Å². The first-order valence-corrected chi connectivity index (χ1v) is 8.20. The normalized spacial score (nSPS) is 14.5. The van der Waals surface area contributed by atoms with Gasteiger partial charge in [-0.25, -0.2) is 0 Å². The van der Waals surface area contributed by atoms with Crippen LogP contribution in [0, 0.1) is 0 Å². The minimum Gasteiger partial charge on any atom is -0.399 e. The van der Waals surface area contributed by atoms with E-state index in [1.165, 1.54) is 19.3 Å². The summed E-state index contributed by atoms with van der Waals surface area (Å²) in [5, 5.41) is 3.04. The quantitative estimate of drug-likeness (QED) is 0.851. The Hall–Kier alpha value is -2.49. The van der Waals surface area contributed by atoms with Crippen LogP contribution >= 0.6 is 0 Å². The predicted molar refractivity (Wildman–Crippen MR) is 95.7 cm³/mol. The van der Waals surface area contributed by atoms with E-state index < -0.39 is 0 Å². The zero-order chi connectivity index (χ0) is 16.1. The molecule has 2 aromatic carbocycles. The molecule has 2 aromatic rings. The molecule has 0 saturated carbocycles. The van der Waals surface area contributed by atoms with E-state index in [-0.39, 0.29) is 5.91 Å². The maximum atomic E-state index is 12.4. The van der Waals surface area contributed by atoms with Crippen LogP contribution in [-0.2, 0) is 11.2 Å². The van der Waals surface area contributed by atoms with Gasteiger partial charge >= 0.3 is 0 Å². The molecule has 1 amide bonds. The smallest absolute Gasteiger partial charge is 0.228 e. The molecule has 1 aliphatic rings. The summed E-state index contributed by atoms with van der Waals surface area (Å²) in [7, 11) is 0. The number of nitrogens with zero attached hydrogens (tertiary/aromatic N) is 1. The zero-order valence-corrected chi connectivity index (χ0v) is 13.3. The van der Waals surface area contributed by atoms with Gasteiger partial charge in [0.1, 0.15) is 0 Å². The molecule has 0 aromatic heterocycles. The van der Waals surface area contributed by atoms with Crippen LogP contribution in [-0.4, -0.2) is 19.0 Å². The monoisotopic (exact) mass is 309 g/mol. The summed E-state index contributed by atoms with van der Waals surface area (Å²) in [6.07, 6.45) is 4.04. The van der Waals surface area contributed by atoms with Crippen molar-refractivity contribution < 1.29 is 4.79 Å². The Morgan fingerprint density at radius 1 is 1.04 bits per heavy atom. The molecular formula is C19H23N3O. The Bertz CT molecular complexity index is 664. The number of hydrogen-bond acceptors (Lipinski definition) is 3. The lowest BCUT2D eigenvalue weighted by atomic mass is 10.1. The van der Waals surface area contributed by atoms with Crippen molar-refractivity contribution in [1.82, 2.24) is 0 Å². The van der Waals surface area contributed by atoms with Crippen molar-refractivity contribution in [3.8, 4) is 0 Å². The molecule has 0 unspecified atom stereocenters. The molecule has 0 atom stereocenters. The van der Waals surface area contributed by atoms with Crippen LogP contribution in [0.25, 0.3) is 0 Å². The van der Waals surface area contributed by atoms with Gasteiger partial charge in [-0.15, -0.1) is 0 Å². The van der Waals surface area contributed by atoms with E-state index in [0.29, 0.717) is 12.1 Å². The number of nitrogens with two attached hydrogens (primary N) is 1. The van der Waals surface area contributed by atoms with Gasteiger partial charge in [0.2, 0.25) is 5.91 Å². The molecular weight excluding hydrogens is 286 g/mol. The number of anilines is 3. The maximum absolute atomic E-state index is 12.4. The molecule has 3 N–H and O–H groups in total. The molecule has 1 aliphatic heterocycles. The van der Waals surface area contributed by atoms with Gasteiger partial charge < -0.3 is 16.0 Å². The van der Waals surface area contributed by atoms with Crippen LogP contribution < -0.4 is 16.0 Å². The number of nitrogen functional groups attached to an aromatic ring is 1. The van der Waals surface area contributed by atoms with Gasteiger partial charge in [-0.3, -0.25) is 4.79 Å². The highest BCUT2D eigenvalue weighted by molar-refractivity contribution is 5.96. The number of piperidine rings is 1. The van der Waals surface area contributed by atoms with Gasteiger partial charge in [-0.2, -0.15) is 0 Å². The second-order valence-electron chi connectivity index (χ2n) is 6.03. The van der Waals surface area contributed by atoms with Crippen molar-refractivity contribution in [2.24, 2.45) is 0 Å². The lowest BCUT2D eigenvalue weighted by Crippen LogP contribution is -2.30. The minimum atomic E-state index is -0.0138. The highest BCUT2D eigenvalue weighted by Gasteiger charge is 2.16. The van der Waals surface area contributed by atoms with E-state index in [4.69, 9.17) is 5.73 Å². The first-order valence-electron chi connectivity index (χ1n) is 8.20. The van der Waals surface area contributed by atoms with E-state index in [0.717, 1.165) is 30.0 Å². The van der Waals surface area contributed by atoms with Crippen LogP contribution in [0.3, 0.4) is 0 Å². The third-order valence-electron chi connectivity index (χ3n) is 4.20. The van der Waals surface area contributed by atoms with Crippen molar-refractivity contribution >= 4 is 23.0 Å². The number of rotatable bonds is 4. The Morgan fingerprint density at radius 3 is 2.52 bits per heavy atom. The summed E-state index contributed by atoms with van der Waals surface area (Å²) in [4.78, 5) is 14.7. The summed E-state index contributed by atoms with van der Waals surface area (Å²) in [6, 6.07) is 15.5. The topological polar surface area (TPSA) is 58.4 Å². The van der Waals surface area contributed by atoms with Crippen LogP contribution in [0.2, 0.25) is 0 Å². The van der Waals surface area contributed by atoms with Crippen molar-refractivity contribution in [2.45, 2.75) is 25.7 Å². The highest BCUT2D eigenvalue weighted by Crippen LogP contribution is 2.30. The number of nitrogens with one attached hydrogen (secondary N) is 1. The second-order valence-corrected chi connectivity index (χ2v) is 6.03. The molecule has 0 bridgehead atoms. The van der Waals surface area contributed by atoms with Crippen LogP contribution in [0.15, 0.2) is 48.5 Å². The summed E-state index contributed by atoms with van der Waals surface area (Å²) in [5.41, 5.74) is 9.47. The van der Waals surface area contributed by atoms with Gasteiger partial charge in [0.05, 0.1) is 17.8 Å². The van der Waals surface area contributed by atoms with Gasteiger partial charge in [-0.1, -0.05) is 30.3 Å². The van der Waals surface area contributed by atoms with E-state index >= 15 is 0 Å². The number of hydrogen-bond donors (Lipinski definition) is 2. The first-order chi connectivity index (χ1) is 11.2. The van der Waals surface area contributed by atoms with Gasteiger partial charge in [0.15, 0.2) is 0 Å². The average molecular weight is 309 g/mol. The molecule has 4 heteroatoms. The zero-order valence-electron chi connectivity index (χ0n) is 13.3. The van der Waals surface area contributed by atoms with Crippen molar-refractivity contribution in [2.75, 3.05) is 29.0 Å². The lowest BCUT2D eigenvalue weighted by Gasteiger charge is -2.30. The Labute approximate surface area is 137 Å². The molecule has 23 heavy (non-hydrogen) atoms. The van der Waals surface area contributed by atoms with E-state index in [2.05, 4.69) is 10.2 Å². The Balaban J connectivity index is 1.75. The molecule has 3 rings (SSSR count). The molecule has 0 aliphatic carbocycles. The van der Waals surface area contributed by atoms with Crippen LogP contribution in [0.5, 0.6) is 0 Å². The number of carbonyl (C=O) groups is 1. The standard InChI is InChI=1S/C19H23N3O/c20-16-9-10-18(22-11-5-2-6-12-22)17(14-16)21-19(23)13-15-7-3-1-4-8-15/h1,3-4,7-10,14H,2,5-6,11-13,20H2,(H,21,23). The summed E-state index contributed by atoms with van der Waals surface area (Å²) >= 11 is 0. The summed E-state index contributed by atoms with van der Waals surface area (Å²) in [6.45, 7) is 2.07. The Kier molecular flexibility index (Phi) is 4.81. The van der Waals surface area contributed by atoms with E-state index in [9.17, 15) is 4.79 Å².